The lowest BCUT2D eigenvalue weighted by Gasteiger charge is -2.32. The standard InChI is InChI=1S/C29H25FN4O3/c1-15-13-20-21(14-16(15)2)34-25(17-9-5-7-11-19(17)30)23-26(32(3)29(37)33(4)28(23)36)27(34)24(31-20)18-10-6-8-12-22(18)35/h5-14,24,31,35H,1-4H3/t24-/m0/s1. The van der Waals surface area contributed by atoms with Crippen LogP contribution in [0.1, 0.15) is 28.4 Å². The molecule has 5 aromatic rings. The number of halogens is 1. The van der Waals surface area contributed by atoms with Crippen LogP contribution in [0, 0.1) is 19.7 Å². The van der Waals surface area contributed by atoms with E-state index in [9.17, 15) is 14.7 Å². The molecule has 0 bridgehead atoms. The van der Waals surface area contributed by atoms with Crippen LogP contribution in [0.3, 0.4) is 0 Å². The Labute approximate surface area is 211 Å². The number of aryl methyl sites for hydroxylation is 3. The molecule has 6 rings (SSSR count). The lowest BCUT2D eigenvalue weighted by molar-refractivity contribution is 0.465. The summed E-state index contributed by atoms with van der Waals surface area (Å²) in [6, 6.07) is 16.6. The Bertz CT molecular complexity index is 1880. The van der Waals surface area contributed by atoms with Crippen molar-refractivity contribution in [3.05, 3.63) is 110 Å². The fourth-order valence-corrected chi connectivity index (χ4v) is 5.40. The highest BCUT2D eigenvalue weighted by molar-refractivity contribution is 5.99. The largest absolute Gasteiger partial charge is 0.508 e. The number of nitrogens with zero attached hydrogens (tertiary/aromatic N) is 3. The molecule has 0 saturated carbocycles. The second-order valence-electron chi connectivity index (χ2n) is 9.57. The van der Waals surface area contributed by atoms with E-state index in [0.717, 1.165) is 27.1 Å². The van der Waals surface area contributed by atoms with E-state index in [-0.39, 0.29) is 16.7 Å². The number of hydrogen-bond donors (Lipinski definition) is 2. The summed E-state index contributed by atoms with van der Waals surface area (Å²) in [5, 5.41) is 14.6. The van der Waals surface area contributed by atoms with Gasteiger partial charge < -0.3 is 15.0 Å². The topological polar surface area (TPSA) is 81.2 Å². The van der Waals surface area contributed by atoms with E-state index in [2.05, 4.69) is 5.32 Å². The van der Waals surface area contributed by atoms with Gasteiger partial charge in [-0.05, 0) is 55.3 Å². The molecule has 1 aliphatic rings. The Kier molecular flexibility index (Phi) is 4.91. The minimum atomic E-state index is -0.628. The lowest BCUT2D eigenvalue weighted by Crippen LogP contribution is -2.37. The van der Waals surface area contributed by atoms with Gasteiger partial charge in [-0.3, -0.25) is 13.9 Å². The molecule has 0 saturated heterocycles. The molecular weight excluding hydrogens is 471 g/mol. The van der Waals surface area contributed by atoms with Gasteiger partial charge in [0.05, 0.1) is 39.7 Å². The zero-order chi connectivity index (χ0) is 26.2. The predicted molar refractivity (Wildman–Crippen MR) is 142 cm³/mol. The van der Waals surface area contributed by atoms with Crippen molar-refractivity contribution in [3.8, 4) is 22.7 Å². The summed E-state index contributed by atoms with van der Waals surface area (Å²) in [6.07, 6.45) is 0. The molecule has 3 heterocycles. The average molecular weight is 497 g/mol. The molecule has 0 spiro atoms. The van der Waals surface area contributed by atoms with E-state index in [0.29, 0.717) is 22.5 Å². The number of fused-ring (bicyclic) bond motifs is 5. The fourth-order valence-electron chi connectivity index (χ4n) is 5.40. The van der Waals surface area contributed by atoms with Crippen LogP contribution >= 0.6 is 0 Å². The molecule has 37 heavy (non-hydrogen) atoms. The number of aromatic nitrogens is 3. The third-order valence-corrected chi connectivity index (χ3v) is 7.41. The maximum atomic E-state index is 15.4. The van der Waals surface area contributed by atoms with Crippen molar-refractivity contribution in [2.24, 2.45) is 14.1 Å². The van der Waals surface area contributed by atoms with E-state index in [1.165, 1.54) is 17.7 Å². The third kappa shape index (κ3) is 3.11. The van der Waals surface area contributed by atoms with Crippen molar-refractivity contribution in [2.45, 2.75) is 19.9 Å². The van der Waals surface area contributed by atoms with Crippen LogP contribution in [-0.4, -0.2) is 18.8 Å². The van der Waals surface area contributed by atoms with Gasteiger partial charge in [-0.25, -0.2) is 9.18 Å². The second kappa shape index (κ2) is 7.96. The first-order valence-corrected chi connectivity index (χ1v) is 12.0. The number of benzene rings is 3. The number of hydrogen-bond acceptors (Lipinski definition) is 4. The smallest absolute Gasteiger partial charge is 0.331 e. The molecule has 1 atom stereocenters. The zero-order valence-corrected chi connectivity index (χ0v) is 20.8. The van der Waals surface area contributed by atoms with Crippen LogP contribution in [0.2, 0.25) is 0 Å². The molecule has 0 aliphatic carbocycles. The van der Waals surface area contributed by atoms with Gasteiger partial charge in [0.15, 0.2) is 0 Å². The summed E-state index contributed by atoms with van der Waals surface area (Å²) in [5.41, 5.74) is 4.70. The predicted octanol–water partition coefficient (Wildman–Crippen LogP) is 4.67. The van der Waals surface area contributed by atoms with Crippen LogP contribution in [0.4, 0.5) is 10.1 Å². The highest BCUT2D eigenvalue weighted by atomic mass is 19.1. The van der Waals surface area contributed by atoms with E-state index >= 15 is 4.39 Å². The molecule has 0 amide bonds. The van der Waals surface area contributed by atoms with Crippen LogP contribution in [0.15, 0.2) is 70.3 Å². The number of anilines is 1. The summed E-state index contributed by atoms with van der Waals surface area (Å²) in [6.45, 7) is 4.00. The maximum Gasteiger partial charge on any atom is 0.331 e. The molecule has 1 aliphatic heterocycles. The van der Waals surface area contributed by atoms with Gasteiger partial charge in [0.2, 0.25) is 0 Å². The Morgan fingerprint density at radius 3 is 2.32 bits per heavy atom. The Balaban J connectivity index is 1.91. The van der Waals surface area contributed by atoms with E-state index in [4.69, 9.17) is 0 Å². The molecule has 2 N–H and O–H groups in total. The first kappa shape index (κ1) is 22.8. The van der Waals surface area contributed by atoms with Gasteiger partial charge in [-0.15, -0.1) is 0 Å². The molecule has 186 valence electrons. The average Bonchev–Trinajstić information content (AvgIpc) is 3.24. The van der Waals surface area contributed by atoms with Gasteiger partial charge in [-0.1, -0.05) is 30.3 Å². The minimum absolute atomic E-state index is 0.0643. The Morgan fingerprint density at radius 2 is 1.59 bits per heavy atom. The molecule has 3 aromatic carbocycles. The van der Waals surface area contributed by atoms with Gasteiger partial charge in [-0.2, -0.15) is 0 Å². The van der Waals surface area contributed by atoms with E-state index < -0.39 is 23.1 Å². The highest BCUT2D eigenvalue weighted by Crippen LogP contribution is 2.47. The number of para-hydroxylation sites is 1. The maximum absolute atomic E-state index is 15.4. The van der Waals surface area contributed by atoms with Crippen molar-refractivity contribution in [1.29, 1.82) is 0 Å². The highest BCUT2D eigenvalue weighted by Gasteiger charge is 2.36. The first-order chi connectivity index (χ1) is 17.7. The molecule has 0 unspecified atom stereocenters. The van der Waals surface area contributed by atoms with Gasteiger partial charge in [0, 0.05) is 25.2 Å². The van der Waals surface area contributed by atoms with Crippen LogP contribution in [-0.2, 0) is 14.1 Å². The summed E-state index contributed by atoms with van der Waals surface area (Å²) < 4.78 is 19.8. The fraction of sp³-hybridized carbons (Fsp3) is 0.172. The quantitative estimate of drug-likeness (QED) is 0.372. The van der Waals surface area contributed by atoms with Crippen molar-refractivity contribution >= 4 is 16.6 Å². The molecule has 7 nitrogen and oxygen atoms in total. The monoisotopic (exact) mass is 496 g/mol. The van der Waals surface area contributed by atoms with Crippen LogP contribution < -0.4 is 16.6 Å². The summed E-state index contributed by atoms with van der Waals surface area (Å²) in [5.74, 6) is -0.418. The van der Waals surface area contributed by atoms with Gasteiger partial charge in [0.1, 0.15) is 11.6 Å². The normalized spacial score (nSPS) is 14.4. The second-order valence-corrected chi connectivity index (χ2v) is 9.57. The summed E-state index contributed by atoms with van der Waals surface area (Å²) in [4.78, 5) is 26.8. The number of phenolic OH excluding ortho intramolecular Hbond substituents is 1. The molecular formula is C29H25FN4O3. The summed E-state index contributed by atoms with van der Waals surface area (Å²) >= 11 is 0. The lowest BCUT2D eigenvalue weighted by atomic mass is 9.97. The number of nitrogens with one attached hydrogen (secondary N) is 1. The first-order valence-electron chi connectivity index (χ1n) is 12.0. The number of aromatic hydroxyl groups is 1. The molecule has 8 heteroatoms. The van der Waals surface area contributed by atoms with Gasteiger partial charge >= 0.3 is 5.69 Å². The minimum Gasteiger partial charge on any atom is -0.508 e. The third-order valence-electron chi connectivity index (χ3n) is 7.41. The molecule has 2 aromatic heterocycles. The van der Waals surface area contributed by atoms with Gasteiger partial charge in [0.25, 0.3) is 5.56 Å². The molecule has 0 radical (unpaired) electrons. The zero-order valence-electron chi connectivity index (χ0n) is 20.8. The summed E-state index contributed by atoms with van der Waals surface area (Å²) in [7, 11) is 3.03. The van der Waals surface area contributed by atoms with Crippen molar-refractivity contribution in [3.63, 3.8) is 0 Å². The van der Waals surface area contributed by atoms with E-state index in [1.807, 2.05) is 36.6 Å². The van der Waals surface area contributed by atoms with Crippen molar-refractivity contribution < 1.29 is 9.50 Å². The Hall–Kier alpha value is -4.59. The van der Waals surface area contributed by atoms with E-state index in [1.54, 1.807) is 43.4 Å². The SMILES string of the molecule is Cc1cc2c(cc1C)-n1c(-c3ccccc3F)c3c(=O)n(C)c(=O)n(C)c3c1[C@H](c1ccccc1O)N2. The van der Waals surface area contributed by atoms with Crippen molar-refractivity contribution in [1.82, 2.24) is 13.7 Å². The number of phenols is 1. The Morgan fingerprint density at radius 1 is 0.919 bits per heavy atom. The van der Waals surface area contributed by atoms with Crippen LogP contribution in [0.25, 0.3) is 27.8 Å². The van der Waals surface area contributed by atoms with Crippen LogP contribution in [0.5, 0.6) is 5.75 Å². The number of rotatable bonds is 2. The molecule has 0 fully saturated rings. The van der Waals surface area contributed by atoms with Crippen molar-refractivity contribution in [2.75, 3.05) is 5.32 Å².